The van der Waals surface area contributed by atoms with Gasteiger partial charge in [-0.3, -0.25) is 4.90 Å². The second kappa shape index (κ2) is 5.04. The van der Waals surface area contributed by atoms with Crippen molar-refractivity contribution in [1.82, 2.24) is 10.2 Å². The smallest absolute Gasteiger partial charge is 0.0124 e. The van der Waals surface area contributed by atoms with Crippen molar-refractivity contribution in [3.8, 4) is 0 Å². The fourth-order valence-corrected chi connectivity index (χ4v) is 5.46. The van der Waals surface area contributed by atoms with E-state index in [0.717, 1.165) is 23.3 Å². The van der Waals surface area contributed by atoms with Crippen molar-refractivity contribution in [3.05, 3.63) is 0 Å². The van der Waals surface area contributed by atoms with Gasteiger partial charge in [0.1, 0.15) is 0 Å². The van der Waals surface area contributed by atoms with E-state index in [1.165, 1.54) is 77.5 Å². The molecule has 0 bridgehead atoms. The first kappa shape index (κ1) is 12.6. The molecule has 2 aliphatic carbocycles. The molecule has 2 saturated carbocycles. The first-order chi connectivity index (χ1) is 9.37. The van der Waals surface area contributed by atoms with E-state index in [-0.39, 0.29) is 0 Å². The Balaban J connectivity index is 1.37. The van der Waals surface area contributed by atoms with Crippen LogP contribution in [-0.4, -0.2) is 37.1 Å². The van der Waals surface area contributed by atoms with Crippen LogP contribution in [0, 0.1) is 17.3 Å². The normalized spacial score (nSPS) is 42.0. The number of fused-ring (bicyclic) bond motifs is 1. The summed E-state index contributed by atoms with van der Waals surface area (Å²) in [5.41, 5.74) is 0.785. The molecule has 1 spiro atoms. The van der Waals surface area contributed by atoms with E-state index in [4.69, 9.17) is 0 Å². The SMILES string of the molecule is C1CCC2C(C1)CCCN2CC1CC12CCNCC2. The van der Waals surface area contributed by atoms with Crippen molar-refractivity contribution < 1.29 is 0 Å². The van der Waals surface area contributed by atoms with E-state index in [2.05, 4.69) is 10.2 Å². The predicted octanol–water partition coefficient (Wildman–Crippen LogP) is 3.03. The molecule has 19 heavy (non-hydrogen) atoms. The summed E-state index contributed by atoms with van der Waals surface area (Å²) in [7, 11) is 0. The molecule has 3 atom stereocenters. The second-order valence-corrected chi connectivity index (χ2v) is 7.76. The molecule has 4 aliphatic rings. The average Bonchev–Trinajstić information content (AvgIpc) is 3.11. The molecule has 4 rings (SSSR count). The maximum Gasteiger partial charge on any atom is 0.0124 e. The Kier molecular flexibility index (Phi) is 3.35. The summed E-state index contributed by atoms with van der Waals surface area (Å²) in [5.74, 6) is 2.11. The fraction of sp³-hybridized carbons (Fsp3) is 1.00. The Morgan fingerprint density at radius 1 is 1.00 bits per heavy atom. The minimum atomic E-state index is 0.785. The third-order valence-corrected chi connectivity index (χ3v) is 6.77. The monoisotopic (exact) mass is 262 g/mol. The van der Waals surface area contributed by atoms with Crippen LogP contribution < -0.4 is 5.32 Å². The topological polar surface area (TPSA) is 15.3 Å². The summed E-state index contributed by atoms with van der Waals surface area (Å²) < 4.78 is 0. The maximum atomic E-state index is 3.54. The van der Waals surface area contributed by atoms with Gasteiger partial charge in [0, 0.05) is 12.6 Å². The van der Waals surface area contributed by atoms with Crippen molar-refractivity contribution in [1.29, 1.82) is 0 Å². The van der Waals surface area contributed by atoms with E-state index in [1.54, 1.807) is 6.42 Å². The molecule has 2 saturated heterocycles. The first-order valence-corrected chi connectivity index (χ1v) is 8.82. The Morgan fingerprint density at radius 3 is 2.68 bits per heavy atom. The molecule has 1 N–H and O–H groups in total. The molecule has 2 heteroatoms. The molecule has 0 radical (unpaired) electrons. The molecule has 2 nitrogen and oxygen atoms in total. The molecule has 2 heterocycles. The first-order valence-electron chi connectivity index (χ1n) is 8.82. The van der Waals surface area contributed by atoms with Crippen molar-refractivity contribution in [3.63, 3.8) is 0 Å². The van der Waals surface area contributed by atoms with Crippen molar-refractivity contribution in [2.45, 2.75) is 63.8 Å². The number of likely N-dealkylation sites (tertiary alicyclic amines) is 1. The van der Waals surface area contributed by atoms with E-state index >= 15 is 0 Å². The minimum absolute atomic E-state index is 0.785. The summed E-state index contributed by atoms with van der Waals surface area (Å²) >= 11 is 0. The fourth-order valence-electron chi connectivity index (χ4n) is 5.46. The number of nitrogens with zero attached hydrogens (tertiary/aromatic N) is 1. The van der Waals surface area contributed by atoms with Crippen LogP contribution in [0.5, 0.6) is 0 Å². The van der Waals surface area contributed by atoms with Gasteiger partial charge in [0.2, 0.25) is 0 Å². The van der Waals surface area contributed by atoms with Gasteiger partial charge in [-0.2, -0.15) is 0 Å². The van der Waals surface area contributed by atoms with E-state index in [1.807, 2.05) is 0 Å². The molecule has 108 valence electrons. The van der Waals surface area contributed by atoms with Gasteiger partial charge in [0.25, 0.3) is 0 Å². The highest BCUT2D eigenvalue weighted by Gasteiger charge is 2.54. The third kappa shape index (κ3) is 2.35. The highest BCUT2D eigenvalue weighted by molar-refractivity contribution is 5.06. The van der Waals surface area contributed by atoms with E-state index < -0.39 is 0 Å². The number of piperidine rings is 2. The zero-order valence-electron chi connectivity index (χ0n) is 12.4. The Bertz CT molecular complexity index is 319. The van der Waals surface area contributed by atoms with Crippen LogP contribution in [0.3, 0.4) is 0 Å². The van der Waals surface area contributed by atoms with Crippen LogP contribution in [0.25, 0.3) is 0 Å². The van der Waals surface area contributed by atoms with Gasteiger partial charge in [-0.1, -0.05) is 12.8 Å². The molecular weight excluding hydrogens is 232 g/mol. The lowest BCUT2D eigenvalue weighted by atomic mass is 9.78. The van der Waals surface area contributed by atoms with Crippen LogP contribution in [0.1, 0.15) is 57.8 Å². The summed E-state index contributed by atoms with van der Waals surface area (Å²) in [5, 5.41) is 3.54. The molecule has 0 aromatic carbocycles. The Hall–Kier alpha value is -0.0800. The molecule has 0 aromatic rings. The lowest BCUT2D eigenvalue weighted by molar-refractivity contribution is 0.0525. The zero-order valence-corrected chi connectivity index (χ0v) is 12.4. The average molecular weight is 262 g/mol. The molecular formula is C17H30N2. The van der Waals surface area contributed by atoms with E-state index in [0.29, 0.717) is 0 Å². The Labute approximate surface area is 118 Å². The van der Waals surface area contributed by atoms with Crippen LogP contribution in [0.2, 0.25) is 0 Å². The summed E-state index contributed by atoms with van der Waals surface area (Å²) in [6.07, 6.45) is 13.5. The van der Waals surface area contributed by atoms with E-state index in [9.17, 15) is 0 Å². The van der Waals surface area contributed by atoms with Gasteiger partial charge < -0.3 is 5.32 Å². The van der Waals surface area contributed by atoms with Crippen LogP contribution in [0.15, 0.2) is 0 Å². The van der Waals surface area contributed by atoms with Crippen molar-refractivity contribution >= 4 is 0 Å². The maximum absolute atomic E-state index is 3.54. The van der Waals surface area contributed by atoms with Crippen molar-refractivity contribution in [2.75, 3.05) is 26.2 Å². The predicted molar refractivity (Wildman–Crippen MR) is 79.2 cm³/mol. The summed E-state index contributed by atoms with van der Waals surface area (Å²) in [4.78, 5) is 2.93. The number of rotatable bonds is 2. The number of nitrogens with one attached hydrogen (secondary N) is 1. The quantitative estimate of drug-likeness (QED) is 0.823. The van der Waals surface area contributed by atoms with Gasteiger partial charge in [0.05, 0.1) is 0 Å². The van der Waals surface area contributed by atoms with Gasteiger partial charge in [0.15, 0.2) is 0 Å². The van der Waals surface area contributed by atoms with Crippen LogP contribution in [0.4, 0.5) is 0 Å². The molecule has 4 fully saturated rings. The molecule has 2 aliphatic heterocycles. The highest BCUT2D eigenvalue weighted by Crippen LogP contribution is 2.59. The summed E-state index contributed by atoms with van der Waals surface area (Å²) in [6, 6.07) is 0.974. The van der Waals surface area contributed by atoms with Gasteiger partial charge in [-0.25, -0.2) is 0 Å². The number of hydrogen-bond acceptors (Lipinski definition) is 2. The second-order valence-electron chi connectivity index (χ2n) is 7.76. The van der Waals surface area contributed by atoms with Gasteiger partial charge in [-0.15, -0.1) is 0 Å². The Morgan fingerprint density at radius 2 is 1.79 bits per heavy atom. The van der Waals surface area contributed by atoms with Crippen LogP contribution >= 0.6 is 0 Å². The lowest BCUT2D eigenvalue weighted by Gasteiger charge is -2.44. The largest absolute Gasteiger partial charge is 0.317 e. The summed E-state index contributed by atoms with van der Waals surface area (Å²) in [6.45, 7) is 5.41. The standard InChI is InChI=1S/C17H30N2/c1-2-6-16-14(4-1)5-3-11-19(16)13-15-12-17(15)7-9-18-10-8-17/h14-16,18H,1-13H2. The molecule has 0 aromatic heterocycles. The zero-order chi connectivity index (χ0) is 12.7. The van der Waals surface area contributed by atoms with Gasteiger partial charge >= 0.3 is 0 Å². The highest BCUT2D eigenvalue weighted by atomic mass is 15.2. The van der Waals surface area contributed by atoms with Crippen molar-refractivity contribution in [2.24, 2.45) is 17.3 Å². The lowest BCUT2D eigenvalue weighted by Crippen LogP contribution is -2.48. The molecule has 0 amide bonds. The van der Waals surface area contributed by atoms with Crippen LogP contribution in [-0.2, 0) is 0 Å². The van der Waals surface area contributed by atoms with Gasteiger partial charge in [-0.05, 0) is 81.8 Å². The third-order valence-electron chi connectivity index (χ3n) is 6.77. The minimum Gasteiger partial charge on any atom is -0.317 e. The number of hydrogen-bond donors (Lipinski definition) is 1. The molecule has 3 unspecified atom stereocenters.